The van der Waals surface area contributed by atoms with Crippen molar-refractivity contribution in [2.45, 2.75) is 51.9 Å². The zero-order valence-corrected chi connectivity index (χ0v) is 28.0. The summed E-state index contributed by atoms with van der Waals surface area (Å²) in [7, 11) is 1.74. The highest BCUT2D eigenvalue weighted by Crippen LogP contribution is 2.32. The number of carbonyl (C=O) groups is 1. The molecule has 0 spiro atoms. The number of aliphatic hydroxyl groups excluding tert-OH is 1. The Morgan fingerprint density at radius 3 is 2.58 bits per heavy atom. The minimum absolute atomic E-state index is 0.0644. The molecule has 7 rings (SSSR count). The molecule has 0 aliphatic carbocycles. The second-order valence-corrected chi connectivity index (χ2v) is 12.7. The van der Waals surface area contributed by atoms with Crippen molar-refractivity contribution in [1.29, 1.82) is 0 Å². The van der Waals surface area contributed by atoms with Crippen LogP contribution in [0.4, 0.5) is 0 Å². The number of carboxylic acid groups (broad SMARTS) is 1. The molecule has 2 N–H and O–H groups in total. The van der Waals surface area contributed by atoms with E-state index in [0.29, 0.717) is 54.5 Å². The maximum Gasteiger partial charge on any atom is 0.335 e. The van der Waals surface area contributed by atoms with E-state index >= 15 is 0 Å². The van der Waals surface area contributed by atoms with Crippen LogP contribution in [-0.2, 0) is 33.0 Å². The van der Waals surface area contributed by atoms with Gasteiger partial charge in [0.1, 0.15) is 18.2 Å². The molecule has 4 bridgehead atoms. The van der Waals surface area contributed by atoms with Crippen LogP contribution in [0.1, 0.15) is 52.6 Å². The minimum atomic E-state index is -1.02. The number of aryl methyl sites for hydroxylation is 2. The smallest absolute Gasteiger partial charge is 0.335 e. The molecule has 0 radical (unpaired) electrons. The van der Waals surface area contributed by atoms with Crippen LogP contribution in [0, 0.1) is 0 Å². The number of pyridine rings is 2. The Kier molecular flexibility index (Phi) is 9.19. The average molecular weight is 671 g/mol. The molecule has 1 atom stereocenters. The van der Waals surface area contributed by atoms with Crippen molar-refractivity contribution < 1.29 is 24.5 Å². The number of fused-ring (bicyclic) bond motifs is 7. The van der Waals surface area contributed by atoms with Gasteiger partial charge in [-0.05, 0) is 77.9 Å². The van der Waals surface area contributed by atoms with Crippen LogP contribution in [0.5, 0.6) is 11.6 Å². The molecule has 1 aliphatic rings. The van der Waals surface area contributed by atoms with Crippen LogP contribution >= 0.6 is 0 Å². The van der Waals surface area contributed by atoms with Gasteiger partial charge in [0.2, 0.25) is 5.88 Å². The van der Waals surface area contributed by atoms with Crippen molar-refractivity contribution in [2.75, 3.05) is 6.61 Å². The summed E-state index contributed by atoms with van der Waals surface area (Å²) in [6.07, 6.45) is 3.58. The Balaban J connectivity index is 1.23. The van der Waals surface area contributed by atoms with E-state index in [2.05, 4.69) is 12.1 Å². The lowest BCUT2D eigenvalue weighted by molar-refractivity contribution is 0.0697. The number of aromatic nitrogens is 4. The maximum absolute atomic E-state index is 12.4. The summed E-state index contributed by atoms with van der Waals surface area (Å²) in [5.74, 6) is 0.892. The van der Waals surface area contributed by atoms with Gasteiger partial charge in [0, 0.05) is 42.9 Å². The Labute approximate surface area is 289 Å². The SMILES string of the molecule is CCC(O)Cn1c(Cc2ccc3cc2OCCCc2cc(-c4ccn(C)c(=O)c4)ccc2COc2cccc-3n2)nc2ccc(C(=O)O)cc21. The van der Waals surface area contributed by atoms with E-state index in [1.54, 1.807) is 42.1 Å². The van der Waals surface area contributed by atoms with Gasteiger partial charge in [0.25, 0.3) is 5.56 Å². The predicted octanol–water partition coefficient (Wildman–Crippen LogP) is 6.43. The van der Waals surface area contributed by atoms with Crippen molar-refractivity contribution in [3.63, 3.8) is 0 Å². The molecule has 0 fully saturated rings. The normalized spacial score (nSPS) is 13.5. The molecule has 50 heavy (non-hydrogen) atoms. The highest BCUT2D eigenvalue weighted by atomic mass is 16.5. The van der Waals surface area contributed by atoms with Gasteiger partial charge < -0.3 is 28.8 Å². The summed E-state index contributed by atoms with van der Waals surface area (Å²) in [5, 5.41) is 20.3. The summed E-state index contributed by atoms with van der Waals surface area (Å²) < 4.78 is 16.2. The molecule has 1 aliphatic heterocycles. The number of rotatable bonds is 7. The third kappa shape index (κ3) is 6.88. The number of ether oxygens (including phenoxy) is 2. The van der Waals surface area contributed by atoms with Gasteiger partial charge in [-0.15, -0.1) is 0 Å². The largest absolute Gasteiger partial charge is 0.493 e. The zero-order chi connectivity index (χ0) is 34.8. The number of hydrogen-bond donors (Lipinski definition) is 2. The fraction of sp³-hybridized carbons (Fsp3) is 0.250. The van der Waals surface area contributed by atoms with Crippen molar-refractivity contribution in [3.8, 4) is 34.0 Å². The van der Waals surface area contributed by atoms with E-state index in [1.807, 2.05) is 60.0 Å². The van der Waals surface area contributed by atoms with E-state index in [0.717, 1.165) is 51.9 Å². The first kappa shape index (κ1) is 32.8. The number of aliphatic hydroxyl groups is 1. The van der Waals surface area contributed by atoms with E-state index in [1.165, 1.54) is 0 Å². The van der Waals surface area contributed by atoms with Crippen LogP contribution < -0.4 is 15.0 Å². The summed E-state index contributed by atoms with van der Waals surface area (Å²) in [6.45, 7) is 3.01. The Bertz CT molecular complexity index is 2270. The molecule has 0 saturated carbocycles. The molecule has 10 nitrogen and oxygen atoms in total. The summed E-state index contributed by atoms with van der Waals surface area (Å²) in [6, 6.07) is 26.4. The number of aromatic carboxylic acids is 1. The molecular weight excluding hydrogens is 632 g/mol. The Morgan fingerprint density at radius 2 is 1.76 bits per heavy atom. The van der Waals surface area contributed by atoms with Crippen LogP contribution in [0.15, 0.2) is 95.9 Å². The molecule has 6 aromatic rings. The highest BCUT2D eigenvalue weighted by molar-refractivity contribution is 5.92. The van der Waals surface area contributed by atoms with Gasteiger partial charge in [-0.1, -0.05) is 43.3 Å². The first-order valence-corrected chi connectivity index (χ1v) is 16.8. The number of carboxylic acids is 1. The number of imidazole rings is 1. The van der Waals surface area contributed by atoms with Gasteiger partial charge >= 0.3 is 5.97 Å². The molecule has 10 heteroatoms. The number of hydrogen-bond acceptors (Lipinski definition) is 7. The molecular formula is C40H38N4O6. The average Bonchev–Trinajstić information content (AvgIpc) is 3.46. The van der Waals surface area contributed by atoms with Gasteiger partial charge in [-0.3, -0.25) is 4.79 Å². The van der Waals surface area contributed by atoms with Crippen molar-refractivity contribution in [3.05, 3.63) is 130 Å². The maximum atomic E-state index is 12.4. The lowest BCUT2D eigenvalue weighted by atomic mass is 9.97. The van der Waals surface area contributed by atoms with E-state index < -0.39 is 12.1 Å². The third-order valence-corrected chi connectivity index (χ3v) is 9.24. The first-order chi connectivity index (χ1) is 24.2. The molecule has 0 amide bonds. The van der Waals surface area contributed by atoms with Gasteiger partial charge in [0.15, 0.2) is 0 Å². The number of nitrogens with zero attached hydrogens (tertiary/aromatic N) is 4. The van der Waals surface area contributed by atoms with Gasteiger partial charge in [0.05, 0.1) is 41.5 Å². The second kappa shape index (κ2) is 14.0. The van der Waals surface area contributed by atoms with E-state index in [9.17, 15) is 19.8 Å². The summed E-state index contributed by atoms with van der Waals surface area (Å²) in [5.41, 5.74) is 7.94. The second-order valence-electron chi connectivity index (χ2n) is 12.7. The molecule has 4 heterocycles. The van der Waals surface area contributed by atoms with Crippen LogP contribution in [0.3, 0.4) is 0 Å². The fourth-order valence-electron chi connectivity index (χ4n) is 6.31. The molecule has 254 valence electrons. The van der Waals surface area contributed by atoms with Gasteiger partial charge in [-0.2, -0.15) is 0 Å². The van der Waals surface area contributed by atoms with Crippen LogP contribution in [-0.4, -0.2) is 48.0 Å². The van der Waals surface area contributed by atoms with Crippen molar-refractivity contribution in [2.24, 2.45) is 7.05 Å². The van der Waals surface area contributed by atoms with E-state index in [-0.39, 0.29) is 17.7 Å². The Morgan fingerprint density at radius 1 is 0.920 bits per heavy atom. The highest BCUT2D eigenvalue weighted by Gasteiger charge is 2.19. The lowest BCUT2D eigenvalue weighted by Gasteiger charge is -2.18. The minimum Gasteiger partial charge on any atom is -0.493 e. The summed E-state index contributed by atoms with van der Waals surface area (Å²) in [4.78, 5) is 33.8. The Hall–Kier alpha value is -5.74. The van der Waals surface area contributed by atoms with Crippen molar-refractivity contribution in [1.82, 2.24) is 19.1 Å². The van der Waals surface area contributed by atoms with E-state index in [4.69, 9.17) is 19.4 Å². The molecule has 1 unspecified atom stereocenters. The topological polar surface area (TPSA) is 129 Å². The predicted molar refractivity (Wildman–Crippen MR) is 191 cm³/mol. The van der Waals surface area contributed by atoms with Crippen molar-refractivity contribution >= 4 is 17.0 Å². The standard InChI is InChI=1S/C40H38N4O6/c1-3-32(45)23-44-35-19-30(40(47)48)13-14-34(35)41-37(44)21-29-11-10-28-20-36(29)49-17-5-6-25-18-26(27-15-16-43(2)39(46)22-27)9-12-31(25)24-50-38-8-4-7-33(28)42-38/h4,7-16,18-20,22,32,45H,3,5-6,17,21,23-24H2,1-2H3,(H,47,48). The molecule has 0 saturated heterocycles. The quantitative estimate of drug-likeness (QED) is 0.199. The fourth-order valence-corrected chi connectivity index (χ4v) is 6.31. The zero-order valence-electron chi connectivity index (χ0n) is 28.0. The monoisotopic (exact) mass is 670 g/mol. The third-order valence-electron chi connectivity index (χ3n) is 9.24. The lowest BCUT2D eigenvalue weighted by Crippen LogP contribution is -2.17. The van der Waals surface area contributed by atoms with Crippen LogP contribution in [0.25, 0.3) is 33.4 Å². The molecule has 3 aromatic carbocycles. The van der Waals surface area contributed by atoms with Gasteiger partial charge in [-0.25, -0.2) is 14.8 Å². The first-order valence-electron chi connectivity index (χ1n) is 16.8. The summed E-state index contributed by atoms with van der Waals surface area (Å²) >= 11 is 0. The molecule has 3 aromatic heterocycles. The number of benzene rings is 3. The van der Waals surface area contributed by atoms with Crippen LogP contribution in [0.2, 0.25) is 0 Å².